The van der Waals surface area contributed by atoms with Gasteiger partial charge < -0.3 is 5.11 Å². The smallest absolute Gasteiger partial charge is 0.337 e. The molecule has 0 amide bonds. The van der Waals surface area contributed by atoms with E-state index in [-0.39, 0.29) is 16.3 Å². The number of carbonyl (C=O) groups is 1. The first-order valence-electron chi connectivity index (χ1n) is 6.63. The van der Waals surface area contributed by atoms with Gasteiger partial charge in [0.15, 0.2) is 0 Å². The summed E-state index contributed by atoms with van der Waals surface area (Å²) in [6.45, 7) is 4.46. The number of carboxylic acid groups (broad SMARTS) is 1. The Bertz CT molecular complexity index is 598. The number of rotatable bonds is 8. The molecule has 21 heavy (non-hydrogen) atoms. The lowest BCUT2D eigenvalue weighted by molar-refractivity contribution is 0.0698. The zero-order chi connectivity index (χ0) is 16.0. The molecule has 0 aromatic heterocycles. The summed E-state index contributed by atoms with van der Waals surface area (Å²) in [4.78, 5) is 11.2. The van der Waals surface area contributed by atoms with Crippen LogP contribution >= 0.6 is 11.6 Å². The zero-order valence-electron chi connectivity index (χ0n) is 12.0. The van der Waals surface area contributed by atoms with E-state index in [1.165, 1.54) is 22.5 Å². The van der Waals surface area contributed by atoms with Gasteiger partial charge >= 0.3 is 16.2 Å². The number of nitrogens with one attached hydrogen (secondary N) is 1. The average Bonchev–Trinajstić information content (AvgIpc) is 2.40. The van der Waals surface area contributed by atoms with Crippen molar-refractivity contribution >= 4 is 33.5 Å². The predicted molar refractivity (Wildman–Crippen MR) is 83.1 cm³/mol. The van der Waals surface area contributed by atoms with Gasteiger partial charge in [0.2, 0.25) is 0 Å². The fourth-order valence-corrected chi connectivity index (χ4v) is 3.58. The van der Waals surface area contributed by atoms with Crippen molar-refractivity contribution in [1.82, 2.24) is 4.31 Å². The molecule has 1 aromatic carbocycles. The summed E-state index contributed by atoms with van der Waals surface area (Å²) in [6, 6.07) is 4.20. The Labute approximate surface area is 129 Å². The molecule has 0 saturated carbocycles. The van der Waals surface area contributed by atoms with Crippen molar-refractivity contribution in [3.05, 3.63) is 28.8 Å². The van der Waals surface area contributed by atoms with Crippen molar-refractivity contribution in [3.63, 3.8) is 0 Å². The molecule has 118 valence electrons. The second-order valence-electron chi connectivity index (χ2n) is 4.47. The van der Waals surface area contributed by atoms with E-state index in [0.29, 0.717) is 25.9 Å². The van der Waals surface area contributed by atoms with Gasteiger partial charge in [-0.2, -0.15) is 12.7 Å². The molecule has 0 heterocycles. The fourth-order valence-electron chi connectivity index (χ4n) is 1.85. The Kier molecular flexibility index (Phi) is 6.44. The van der Waals surface area contributed by atoms with E-state index in [0.717, 1.165) is 0 Å². The number of halogens is 1. The van der Waals surface area contributed by atoms with E-state index in [1.807, 2.05) is 13.8 Å². The molecule has 1 aromatic rings. The van der Waals surface area contributed by atoms with E-state index >= 15 is 0 Å². The molecule has 0 radical (unpaired) electrons. The van der Waals surface area contributed by atoms with Crippen molar-refractivity contribution < 1.29 is 18.3 Å². The molecule has 0 aliphatic rings. The summed E-state index contributed by atoms with van der Waals surface area (Å²) in [5, 5.41) is 9.17. The van der Waals surface area contributed by atoms with Crippen molar-refractivity contribution in [2.45, 2.75) is 26.7 Å². The van der Waals surface area contributed by atoms with Crippen LogP contribution in [0.1, 0.15) is 37.0 Å². The lowest BCUT2D eigenvalue weighted by Crippen LogP contribution is -2.37. The number of hydrogen-bond donors (Lipinski definition) is 2. The van der Waals surface area contributed by atoms with Crippen molar-refractivity contribution in [3.8, 4) is 0 Å². The Hall–Kier alpha value is -1.31. The van der Waals surface area contributed by atoms with Gasteiger partial charge in [0.1, 0.15) is 0 Å². The molecule has 0 aliphatic heterocycles. The molecule has 0 aliphatic carbocycles. The van der Waals surface area contributed by atoms with E-state index in [1.54, 1.807) is 0 Å². The highest BCUT2D eigenvalue weighted by Crippen LogP contribution is 2.27. The molecule has 0 unspecified atom stereocenters. The third-order valence-electron chi connectivity index (χ3n) is 2.76. The highest BCUT2D eigenvalue weighted by molar-refractivity contribution is 7.90. The lowest BCUT2D eigenvalue weighted by atomic mass is 10.2. The molecule has 6 nitrogen and oxygen atoms in total. The van der Waals surface area contributed by atoms with Crippen molar-refractivity contribution in [1.29, 1.82) is 0 Å². The van der Waals surface area contributed by atoms with Gasteiger partial charge in [0, 0.05) is 13.1 Å². The molecule has 2 N–H and O–H groups in total. The summed E-state index contributed by atoms with van der Waals surface area (Å²) in [6.07, 6.45) is 1.32. The SMILES string of the molecule is CCCN(CCC)S(=O)(=O)Nc1c(Cl)cccc1C(=O)O. The summed E-state index contributed by atoms with van der Waals surface area (Å²) in [5.74, 6) is -1.24. The number of nitrogens with zero attached hydrogens (tertiary/aromatic N) is 1. The molecule has 0 spiro atoms. The first-order valence-corrected chi connectivity index (χ1v) is 8.45. The number of anilines is 1. The molecular formula is C13H19ClN2O4S. The van der Waals surface area contributed by atoms with E-state index in [9.17, 15) is 13.2 Å². The summed E-state index contributed by atoms with van der Waals surface area (Å²) >= 11 is 5.93. The first kappa shape index (κ1) is 17.7. The molecule has 0 bridgehead atoms. The first-order chi connectivity index (χ1) is 9.83. The monoisotopic (exact) mass is 334 g/mol. The second-order valence-corrected chi connectivity index (χ2v) is 6.55. The molecular weight excluding hydrogens is 316 g/mol. The minimum atomic E-state index is -3.84. The van der Waals surface area contributed by atoms with Gasteiger partial charge in [-0.1, -0.05) is 31.5 Å². The highest BCUT2D eigenvalue weighted by atomic mass is 35.5. The molecule has 1 rings (SSSR count). The highest BCUT2D eigenvalue weighted by Gasteiger charge is 2.24. The van der Waals surface area contributed by atoms with Crippen LogP contribution in [-0.2, 0) is 10.2 Å². The van der Waals surface area contributed by atoms with Crippen molar-refractivity contribution in [2.75, 3.05) is 17.8 Å². The summed E-state index contributed by atoms with van der Waals surface area (Å²) in [5.41, 5.74) is -0.289. The van der Waals surface area contributed by atoms with E-state index < -0.39 is 16.2 Å². The van der Waals surface area contributed by atoms with E-state index in [4.69, 9.17) is 16.7 Å². The minimum absolute atomic E-state index is 0.0476. The molecule has 8 heteroatoms. The molecule has 0 fully saturated rings. The lowest BCUT2D eigenvalue weighted by Gasteiger charge is -2.22. The van der Waals surface area contributed by atoms with Crippen LogP contribution in [0.2, 0.25) is 5.02 Å². The topological polar surface area (TPSA) is 86.7 Å². The maximum absolute atomic E-state index is 12.4. The van der Waals surface area contributed by atoms with Gasteiger partial charge in [-0.3, -0.25) is 4.72 Å². The maximum Gasteiger partial charge on any atom is 0.337 e. The third-order valence-corrected chi connectivity index (χ3v) is 4.58. The minimum Gasteiger partial charge on any atom is -0.478 e. The Morgan fingerprint density at radius 3 is 2.33 bits per heavy atom. The Morgan fingerprint density at radius 1 is 1.29 bits per heavy atom. The average molecular weight is 335 g/mol. The molecule has 0 atom stereocenters. The van der Waals surface area contributed by atoms with Gasteiger partial charge in [-0.15, -0.1) is 0 Å². The number of para-hydroxylation sites is 1. The Morgan fingerprint density at radius 2 is 1.86 bits per heavy atom. The van der Waals surface area contributed by atoms with Crippen LogP contribution in [0.25, 0.3) is 0 Å². The van der Waals surface area contributed by atoms with Gasteiger partial charge in [0.25, 0.3) is 0 Å². The van der Waals surface area contributed by atoms with Crippen LogP contribution in [0.4, 0.5) is 5.69 Å². The predicted octanol–water partition coefficient (Wildman–Crippen LogP) is 2.82. The second kappa shape index (κ2) is 7.63. The maximum atomic E-state index is 12.4. The number of carboxylic acids is 1. The molecule has 0 saturated heterocycles. The summed E-state index contributed by atoms with van der Waals surface area (Å²) in [7, 11) is -3.84. The summed E-state index contributed by atoms with van der Waals surface area (Å²) < 4.78 is 28.3. The van der Waals surface area contributed by atoms with E-state index in [2.05, 4.69) is 4.72 Å². The number of benzene rings is 1. The zero-order valence-corrected chi connectivity index (χ0v) is 13.5. The van der Waals surface area contributed by atoms with Crippen LogP contribution in [0, 0.1) is 0 Å². The largest absolute Gasteiger partial charge is 0.478 e. The van der Waals surface area contributed by atoms with Gasteiger partial charge in [0.05, 0.1) is 16.3 Å². The van der Waals surface area contributed by atoms with Gasteiger partial charge in [-0.05, 0) is 25.0 Å². The fraction of sp³-hybridized carbons (Fsp3) is 0.462. The van der Waals surface area contributed by atoms with Crippen LogP contribution in [-0.4, -0.2) is 36.9 Å². The van der Waals surface area contributed by atoms with Crippen LogP contribution < -0.4 is 4.72 Å². The van der Waals surface area contributed by atoms with Crippen LogP contribution in [0.15, 0.2) is 18.2 Å². The third kappa shape index (κ3) is 4.59. The Balaban J connectivity index is 3.17. The normalized spacial score (nSPS) is 11.6. The van der Waals surface area contributed by atoms with Crippen molar-refractivity contribution in [2.24, 2.45) is 0 Å². The van der Waals surface area contributed by atoms with Crippen LogP contribution in [0.3, 0.4) is 0 Å². The van der Waals surface area contributed by atoms with Gasteiger partial charge in [-0.25, -0.2) is 4.79 Å². The standard InChI is InChI=1S/C13H19ClN2O4S/c1-3-8-16(9-4-2)21(19,20)15-12-10(13(17)18)6-5-7-11(12)14/h5-7,15H,3-4,8-9H2,1-2H3,(H,17,18). The van der Waals surface area contributed by atoms with Crippen LogP contribution in [0.5, 0.6) is 0 Å². The number of hydrogen-bond acceptors (Lipinski definition) is 3. The quantitative estimate of drug-likeness (QED) is 0.765. The number of aromatic carboxylic acids is 1.